The first kappa shape index (κ1) is 28.9. The van der Waals surface area contributed by atoms with Gasteiger partial charge in [0.25, 0.3) is 0 Å². The number of rotatable bonds is 6. The average molecular weight is 525 g/mol. The van der Waals surface area contributed by atoms with E-state index in [0.29, 0.717) is 12.5 Å². The molecule has 5 rings (SSSR count). The van der Waals surface area contributed by atoms with Crippen molar-refractivity contribution in [3.63, 3.8) is 0 Å². The third-order valence-electron chi connectivity index (χ3n) is 9.04. The van der Waals surface area contributed by atoms with Gasteiger partial charge in [-0.2, -0.15) is 0 Å². The topological polar surface area (TPSA) is 77.2 Å². The Kier molecular flexibility index (Phi) is 10.1. The molecule has 210 valence electrons. The van der Waals surface area contributed by atoms with Gasteiger partial charge in [0.2, 0.25) is 0 Å². The molecule has 0 bridgehead atoms. The van der Waals surface area contributed by atoms with Crippen LogP contribution in [0.4, 0.5) is 0 Å². The number of aliphatic hydroxyl groups is 1. The molecule has 2 aromatic rings. The molecule has 6 nitrogen and oxygen atoms in total. The minimum Gasteiger partial charge on any atom is -0.497 e. The van der Waals surface area contributed by atoms with Crippen molar-refractivity contribution in [2.24, 2.45) is 5.73 Å². The number of benzene rings is 2. The van der Waals surface area contributed by atoms with Crippen molar-refractivity contribution < 1.29 is 19.3 Å². The summed E-state index contributed by atoms with van der Waals surface area (Å²) in [6.07, 6.45) is 11.5. The number of hydrogen-bond donors (Lipinski definition) is 2. The van der Waals surface area contributed by atoms with Crippen LogP contribution in [-0.4, -0.2) is 62.3 Å². The van der Waals surface area contributed by atoms with Crippen molar-refractivity contribution in [2.75, 3.05) is 41.1 Å². The molecule has 0 aromatic heterocycles. The fourth-order valence-electron chi connectivity index (χ4n) is 6.77. The van der Waals surface area contributed by atoms with Gasteiger partial charge in [0.1, 0.15) is 11.5 Å². The van der Waals surface area contributed by atoms with Crippen LogP contribution in [0, 0.1) is 0 Å². The van der Waals surface area contributed by atoms with E-state index < -0.39 is 5.60 Å². The van der Waals surface area contributed by atoms with E-state index in [-0.39, 0.29) is 11.5 Å². The highest BCUT2D eigenvalue weighted by Crippen LogP contribution is 2.45. The lowest BCUT2D eigenvalue weighted by atomic mass is 9.71. The summed E-state index contributed by atoms with van der Waals surface area (Å²) >= 11 is 0. The standard InChI is InChI=1S/C17H25NO2.C15H23NO2/c1-18-12-16(14-6-8-15(19-2)9-7-14)17(20-13-18)10-4-3-5-11-17;1-18-13-7-5-12(6-8-13)14(11-16)15(17)9-3-2-4-10-15/h6-9,16H,3-5,10-13H2,1-2H3;5-8,14,17H,2-4,9-11,16H2,1H3. The predicted molar refractivity (Wildman–Crippen MR) is 153 cm³/mol. The van der Waals surface area contributed by atoms with Gasteiger partial charge in [0.15, 0.2) is 0 Å². The lowest BCUT2D eigenvalue weighted by Crippen LogP contribution is -2.52. The van der Waals surface area contributed by atoms with E-state index in [4.69, 9.17) is 19.9 Å². The number of likely N-dealkylation sites (N-methyl/N-ethyl adjacent to an activating group) is 1. The highest BCUT2D eigenvalue weighted by atomic mass is 16.5. The zero-order chi connectivity index (χ0) is 27.0. The van der Waals surface area contributed by atoms with E-state index in [2.05, 4.69) is 36.2 Å². The summed E-state index contributed by atoms with van der Waals surface area (Å²) in [5.41, 5.74) is 7.85. The Morgan fingerprint density at radius 2 is 1.39 bits per heavy atom. The van der Waals surface area contributed by atoms with E-state index in [9.17, 15) is 5.11 Å². The predicted octanol–water partition coefficient (Wildman–Crippen LogP) is 5.83. The third kappa shape index (κ3) is 6.71. The van der Waals surface area contributed by atoms with E-state index in [1.807, 2.05) is 24.3 Å². The summed E-state index contributed by atoms with van der Waals surface area (Å²) in [5, 5.41) is 10.8. The molecule has 6 heteroatoms. The van der Waals surface area contributed by atoms with Gasteiger partial charge in [-0.1, -0.05) is 62.8 Å². The SMILES string of the molecule is COc1ccc(C(CN)C2(O)CCCCC2)cc1.COc1ccc(C2CN(C)COC23CCCCC3)cc1. The first-order valence-electron chi connectivity index (χ1n) is 14.5. The van der Waals surface area contributed by atoms with Crippen molar-refractivity contribution in [1.82, 2.24) is 4.90 Å². The van der Waals surface area contributed by atoms with Crippen LogP contribution in [0.1, 0.15) is 87.2 Å². The number of hydrogen-bond acceptors (Lipinski definition) is 6. The molecule has 2 aromatic carbocycles. The highest BCUT2D eigenvalue weighted by Gasteiger charge is 2.45. The maximum atomic E-state index is 10.8. The minimum atomic E-state index is -0.623. The van der Waals surface area contributed by atoms with Crippen molar-refractivity contribution in [3.05, 3.63) is 59.7 Å². The summed E-state index contributed by atoms with van der Waals surface area (Å²) in [4.78, 5) is 2.29. The van der Waals surface area contributed by atoms with Gasteiger partial charge in [-0.15, -0.1) is 0 Å². The van der Waals surface area contributed by atoms with Gasteiger partial charge < -0.3 is 25.1 Å². The number of methoxy groups -OCH3 is 2. The molecule has 1 saturated heterocycles. The molecule has 3 fully saturated rings. The Bertz CT molecular complexity index is 966. The fraction of sp³-hybridized carbons (Fsp3) is 0.625. The van der Waals surface area contributed by atoms with Crippen molar-refractivity contribution >= 4 is 0 Å². The first-order chi connectivity index (χ1) is 18.4. The normalized spacial score (nSPS) is 23.7. The molecular formula is C32H48N2O4. The van der Waals surface area contributed by atoms with E-state index in [1.54, 1.807) is 14.2 Å². The van der Waals surface area contributed by atoms with Crippen LogP contribution >= 0.6 is 0 Å². The quantitative estimate of drug-likeness (QED) is 0.495. The van der Waals surface area contributed by atoms with Crippen LogP contribution in [0.2, 0.25) is 0 Å². The summed E-state index contributed by atoms with van der Waals surface area (Å²) in [6.45, 7) is 2.35. The Labute approximate surface area is 229 Å². The van der Waals surface area contributed by atoms with Gasteiger partial charge in [0.05, 0.1) is 32.2 Å². The minimum absolute atomic E-state index is 0.0312. The first-order valence-corrected chi connectivity index (χ1v) is 14.5. The molecule has 3 N–H and O–H groups in total. The molecule has 2 atom stereocenters. The van der Waals surface area contributed by atoms with Gasteiger partial charge in [-0.05, 0) is 68.1 Å². The van der Waals surface area contributed by atoms with Crippen molar-refractivity contribution in [3.8, 4) is 11.5 Å². The molecule has 2 saturated carbocycles. The van der Waals surface area contributed by atoms with E-state index >= 15 is 0 Å². The van der Waals surface area contributed by atoms with Gasteiger partial charge >= 0.3 is 0 Å². The average Bonchev–Trinajstić information content (AvgIpc) is 2.96. The molecule has 0 amide bonds. The van der Waals surface area contributed by atoms with Gasteiger partial charge in [-0.25, -0.2) is 0 Å². The van der Waals surface area contributed by atoms with Crippen LogP contribution < -0.4 is 15.2 Å². The second-order valence-electron chi connectivity index (χ2n) is 11.5. The van der Waals surface area contributed by atoms with Crippen molar-refractivity contribution in [2.45, 2.75) is 87.2 Å². The van der Waals surface area contributed by atoms with E-state index in [0.717, 1.165) is 56.0 Å². The number of nitrogens with zero attached hydrogens (tertiary/aromatic N) is 1. The second kappa shape index (κ2) is 13.3. The Morgan fingerprint density at radius 3 is 1.92 bits per heavy atom. The summed E-state index contributed by atoms with van der Waals surface area (Å²) in [6, 6.07) is 16.5. The third-order valence-corrected chi connectivity index (χ3v) is 9.04. The van der Waals surface area contributed by atoms with Crippen LogP contribution in [-0.2, 0) is 4.74 Å². The van der Waals surface area contributed by atoms with Crippen LogP contribution in [0.5, 0.6) is 11.5 Å². The molecule has 3 aliphatic rings. The van der Waals surface area contributed by atoms with Gasteiger partial charge in [0, 0.05) is 24.9 Å². The molecule has 2 aliphatic carbocycles. The van der Waals surface area contributed by atoms with Crippen LogP contribution in [0.15, 0.2) is 48.5 Å². The molecule has 38 heavy (non-hydrogen) atoms. The molecule has 0 radical (unpaired) electrons. The van der Waals surface area contributed by atoms with Crippen LogP contribution in [0.3, 0.4) is 0 Å². The molecular weight excluding hydrogens is 476 g/mol. The lowest BCUT2D eigenvalue weighted by Gasteiger charge is -2.49. The Balaban J connectivity index is 0.000000178. The maximum Gasteiger partial charge on any atom is 0.118 e. The highest BCUT2D eigenvalue weighted by molar-refractivity contribution is 5.33. The maximum absolute atomic E-state index is 10.8. The molecule has 1 spiro atoms. The number of nitrogens with two attached hydrogens (primary N) is 1. The smallest absolute Gasteiger partial charge is 0.118 e. The largest absolute Gasteiger partial charge is 0.497 e. The van der Waals surface area contributed by atoms with Crippen molar-refractivity contribution in [1.29, 1.82) is 0 Å². The zero-order valence-electron chi connectivity index (χ0n) is 23.7. The summed E-state index contributed by atoms with van der Waals surface area (Å²) in [5.74, 6) is 2.28. The second-order valence-corrected chi connectivity index (χ2v) is 11.5. The summed E-state index contributed by atoms with van der Waals surface area (Å²) in [7, 11) is 5.52. The number of ether oxygens (including phenoxy) is 3. The Morgan fingerprint density at radius 1 is 0.868 bits per heavy atom. The van der Waals surface area contributed by atoms with E-state index in [1.165, 1.54) is 44.1 Å². The van der Waals surface area contributed by atoms with Gasteiger partial charge in [-0.3, -0.25) is 4.90 Å². The lowest BCUT2D eigenvalue weighted by molar-refractivity contribution is -0.161. The zero-order valence-corrected chi connectivity index (χ0v) is 23.7. The fourth-order valence-corrected chi connectivity index (χ4v) is 6.77. The monoisotopic (exact) mass is 524 g/mol. The molecule has 1 aliphatic heterocycles. The van der Waals surface area contributed by atoms with Crippen LogP contribution in [0.25, 0.3) is 0 Å². The Hall–Kier alpha value is -2.12. The summed E-state index contributed by atoms with van der Waals surface area (Å²) < 4.78 is 16.8. The molecule has 2 unspecified atom stereocenters. The molecule has 1 heterocycles.